The molecule has 0 unspecified atom stereocenters. The Morgan fingerprint density at radius 2 is 1.46 bits per heavy atom. The molecule has 0 bridgehead atoms. The molecule has 7 aromatic rings. The van der Waals surface area contributed by atoms with Gasteiger partial charge < -0.3 is 9.47 Å². The third-order valence-electron chi connectivity index (χ3n) is 8.61. The van der Waals surface area contributed by atoms with Crippen molar-refractivity contribution in [2.24, 2.45) is 0 Å². The fraction of sp³-hybridized carbons (Fsp3) is 0.105. The van der Waals surface area contributed by atoms with Gasteiger partial charge in [0.05, 0.1) is 41.2 Å². The van der Waals surface area contributed by atoms with Crippen LogP contribution in [0.5, 0.6) is 17.2 Å². The highest BCUT2D eigenvalue weighted by molar-refractivity contribution is 6.09. The van der Waals surface area contributed by atoms with Crippen LogP contribution >= 0.6 is 0 Å². The van der Waals surface area contributed by atoms with Crippen LogP contribution in [0.4, 0.5) is 0 Å². The lowest BCUT2D eigenvalue weighted by molar-refractivity contribution is 0.414. The second kappa shape index (κ2) is 11.3. The van der Waals surface area contributed by atoms with Gasteiger partial charge in [-0.1, -0.05) is 24.3 Å². The van der Waals surface area contributed by atoms with Crippen LogP contribution in [0.1, 0.15) is 27.8 Å². The topological polar surface area (TPSA) is 102 Å². The molecular weight excluding hydrogens is 572 g/mol. The lowest BCUT2D eigenvalue weighted by atomic mass is 9.87. The average Bonchev–Trinajstić information content (AvgIpc) is 3.70. The van der Waals surface area contributed by atoms with Crippen molar-refractivity contribution in [1.82, 2.24) is 19.3 Å². The highest BCUT2D eigenvalue weighted by Crippen LogP contribution is 2.37. The number of hydrogen-bond donors (Lipinski definition) is 0. The summed E-state index contributed by atoms with van der Waals surface area (Å²) in [5.74, 6) is 2.77. The molecule has 0 aliphatic rings. The third kappa shape index (κ3) is 4.61. The Bertz CT molecular complexity index is 2360. The second-order valence-electron chi connectivity index (χ2n) is 11.1. The number of fused-ring (bicyclic) bond motifs is 3. The van der Waals surface area contributed by atoms with Gasteiger partial charge in [-0.15, -0.1) is 0 Å². The van der Waals surface area contributed by atoms with Gasteiger partial charge in [-0.25, -0.2) is 9.67 Å². The van der Waals surface area contributed by atoms with Gasteiger partial charge in [-0.2, -0.15) is 15.6 Å². The van der Waals surface area contributed by atoms with Crippen LogP contribution < -0.4 is 9.47 Å². The van der Waals surface area contributed by atoms with Crippen molar-refractivity contribution in [3.63, 3.8) is 0 Å². The summed E-state index contributed by atoms with van der Waals surface area (Å²) in [4.78, 5) is 4.65. The molecule has 0 radical (unpaired) electrons. The molecule has 0 fully saturated rings. The van der Waals surface area contributed by atoms with E-state index in [4.69, 9.17) is 9.47 Å². The van der Waals surface area contributed by atoms with Gasteiger partial charge >= 0.3 is 0 Å². The monoisotopic (exact) mass is 600 g/mol. The lowest BCUT2D eigenvalue weighted by Crippen LogP contribution is -2.00. The number of benzene rings is 4. The van der Waals surface area contributed by atoms with Crippen molar-refractivity contribution < 1.29 is 9.47 Å². The number of ether oxygens (including phenoxy) is 2. The van der Waals surface area contributed by atoms with Crippen LogP contribution in [-0.2, 0) is 0 Å². The molecule has 0 N–H and O–H groups in total. The van der Waals surface area contributed by atoms with Crippen molar-refractivity contribution in [3.8, 4) is 52.0 Å². The smallest absolute Gasteiger partial charge is 0.141 e. The number of pyridine rings is 1. The first-order valence-corrected chi connectivity index (χ1v) is 14.7. The van der Waals surface area contributed by atoms with Gasteiger partial charge in [0.1, 0.15) is 35.2 Å². The Morgan fingerprint density at radius 3 is 2.22 bits per heavy atom. The molecule has 222 valence electrons. The van der Waals surface area contributed by atoms with Crippen molar-refractivity contribution in [2.75, 3.05) is 7.11 Å². The summed E-state index contributed by atoms with van der Waals surface area (Å²) in [6.07, 6.45) is 5.28. The van der Waals surface area contributed by atoms with Gasteiger partial charge in [-0.3, -0.25) is 4.57 Å². The molecule has 8 nitrogen and oxygen atoms in total. The molecular formula is C38H28N6O2. The molecule has 3 heterocycles. The van der Waals surface area contributed by atoms with E-state index in [1.165, 1.54) is 0 Å². The first kappa shape index (κ1) is 28.4. The first-order chi connectivity index (χ1) is 22.4. The maximum absolute atomic E-state index is 10.00. The highest BCUT2D eigenvalue weighted by atomic mass is 16.5. The van der Waals surface area contributed by atoms with Crippen LogP contribution in [0.2, 0.25) is 0 Å². The van der Waals surface area contributed by atoms with Gasteiger partial charge in [0.2, 0.25) is 0 Å². The molecule has 46 heavy (non-hydrogen) atoms. The summed E-state index contributed by atoms with van der Waals surface area (Å²) in [5, 5.41) is 26.8. The Labute approximate surface area is 265 Å². The normalized spacial score (nSPS) is 11.0. The summed E-state index contributed by atoms with van der Waals surface area (Å²) in [7, 11) is 1.65. The standard InChI is InChI=1S/C38H28N6O2/c1-23-24(2)33(19-39)38(34(20-40)25(23)3)26-21-42-43(22-26)27-8-7-9-29(16-27)46-30-12-13-32-31-10-5-6-11-35(31)44(36(32)17-30)37-18-28(45-4)14-15-41-37/h5-18,21-22H,1-4H3. The molecule has 0 amide bonds. The largest absolute Gasteiger partial charge is 0.497 e. The Kier molecular flexibility index (Phi) is 6.96. The number of methoxy groups -OCH3 is 1. The van der Waals surface area contributed by atoms with Crippen molar-refractivity contribution in [2.45, 2.75) is 20.8 Å². The quantitative estimate of drug-likeness (QED) is 0.190. The zero-order valence-corrected chi connectivity index (χ0v) is 25.7. The molecule has 0 aliphatic heterocycles. The van der Waals surface area contributed by atoms with Crippen LogP contribution in [0, 0.1) is 43.4 Å². The van der Waals surface area contributed by atoms with E-state index in [0.717, 1.165) is 55.8 Å². The molecule has 7 rings (SSSR count). The number of hydrogen-bond acceptors (Lipinski definition) is 6. The molecule has 0 saturated heterocycles. The van der Waals surface area contributed by atoms with Crippen molar-refractivity contribution in [1.29, 1.82) is 10.5 Å². The van der Waals surface area contributed by atoms with Gasteiger partial charge in [0.25, 0.3) is 0 Å². The Balaban J connectivity index is 1.26. The fourth-order valence-corrected chi connectivity index (χ4v) is 6.05. The Hall–Kier alpha value is -6.38. The maximum atomic E-state index is 10.00. The minimum atomic E-state index is 0.494. The number of nitrogens with zero attached hydrogens (tertiary/aromatic N) is 6. The summed E-state index contributed by atoms with van der Waals surface area (Å²) in [6.45, 7) is 5.78. The summed E-state index contributed by atoms with van der Waals surface area (Å²) in [6, 6.07) is 30.3. The van der Waals surface area contributed by atoms with Gasteiger partial charge in [-0.05, 0) is 73.9 Å². The second-order valence-corrected chi connectivity index (χ2v) is 11.1. The summed E-state index contributed by atoms with van der Waals surface area (Å²) < 4.78 is 15.7. The van der Waals surface area contributed by atoms with E-state index in [0.29, 0.717) is 33.8 Å². The van der Waals surface area contributed by atoms with Crippen molar-refractivity contribution in [3.05, 3.63) is 125 Å². The predicted molar refractivity (Wildman–Crippen MR) is 178 cm³/mol. The molecule has 0 aliphatic carbocycles. The van der Waals surface area contributed by atoms with Crippen LogP contribution in [0.3, 0.4) is 0 Å². The maximum Gasteiger partial charge on any atom is 0.141 e. The fourth-order valence-electron chi connectivity index (χ4n) is 6.05. The van der Waals surface area contributed by atoms with Crippen LogP contribution in [0.25, 0.3) is 44.4 Å². The predicted octanol–water partition coefficient (Wildman–Crippen LogP) is 8.50. The minimum Gasteiger partial charge on any atom is -0.497 e. The van der Waals surface area contributed by atoms with Crippen LogP contribution in [-0.4, -0.2) is 26.4 Å². The minimum absolute atomic E-state index is 0.494. The summed E-state index contributed by atoms with van der Waals surface area (Å²) >= 11 is 0. The van der Waals surface area contributed by atoms with E-state index in [-0.39, 0.29) is 0 Å². The molecule has 0 atom stereocenters. The zero-order valence-electron chi connectivity index (χ0n) is 25.7. The van der Waals surface area contributed by atoms with E-state index in [9.17, 15) is 10.5 Å². The molecule has 3 aromatic heterocycles. The Morgan fingerprint density at radius 1 is 0.717 bits per heavy atom. The molecule has 0 spiro atoms. The van der Waals surface area contributed by atoms with E-state index in [2.05, 4.69) is 45.0 Å². The third-order valence-corrected chi connectivity index (χ3v) is 8.61. The van der Waals surface area contributed by atoms with Crippen LogP contribution in [0.15, 0.2) is 97.5 Å². The zero-order chi connectivity index (χ0) is 31.9. The van der Waals surface area contributed by atoms with E-state index >= 15 is 0 Å². The SMILES string of the molecule is COc1ccnc(-n2c3ccccc3c3ccc(Oc4cccc(-n5cc(-c6c(C#N)c(C)c(C)c(C)c6C#N)cn5)c4)cc32)c1. The molecule has 4 aromatic carbocycles. The molecule has 8 heteroatoms. The van der Waals surface area contributed by atoms with E-state index in [1.807, 2.05) is 87.6 Å². The number of rotatable bonds is 6. The van der Waals surface area contributed by atoms with E-state index in [1.54, 1.807) is 24.2 Å². The van der Waals surface area contributed by atoms with Gasteiger partial charge in [0, 0.05) is 52.5 Å². The lowest BCUT2D eigenvalue weighted by Gasteiger charge is -2.14. The van der Waals surface area contributed by atoms with Crippen molar-refractivity contribution >= 4 is 21.8 Å². The first-order valence-electron chi connectivity index (χ1n) is 14.7. The number of nitriles is 2. The average molecular weight is 601 g/mol. The number of aromatic nitrogens is 4. The van der Waals surface area contributed by atoms with Gasteiger partial charge in [0.15, 0.2) is 0 Å². The summed E-state index contributed by atoms with van der Waals surface area (Å²) in [5.41, 5.74) is 7.76. The highest BCUT2D eigenvalue weighted by Gasteiger charge is 2.21. The number of para-hydroxylation sites is 1. The molecule has 0 saturated carbocycles. The van der Waals surface area contributed by atoms with E-state index < -0.39 is 0 Å².